The second-order valence-corrected chi connectivity index (χ2v) is 8.76. The largest absolute Gasteiger partial charge is 0.492 e. The van der Waals surface area contributed by atoms with Crippen molar-refractivity contribution < 1.29 is 9.47 Å². The van der Waals surface area contributed by atoms with E-state index >= 15 is 0 Å². The standard InChI is InChI=1S/C27H31NO2S/c1-2-22(23-7-4-3-5-8-23)21-26(27-9-6-20-31-27)24-10-12-25(13-11-24)30-19-16-28-14-17-29-18-15-28/h3-13,20-21,26H,2,14-19H2,1H3/b22-21+/t26-/m0/s1. The van der Waals surface area contributed by atoms with Crippen LogP contribution in [0.15, 0.2) is 78.2 Å². The van der Waals surface area contributed by atoms with E-state index in [4.69, 9.17) is 9.47 Å². The molecule has 0 spiro atoms. The van der Waals surface area contributed by atoms with Crippen LogP contribution in [0.25, 0.3) is 5.57 Å². The van der Waals surface area contributed by atoms with Crippen LogP contribution in [-0.4, -0.2) is 44.4 Å². The normalized spacial score (nSPS) is 16.2. The second kappa shape index (κ2) is 11.3. The fraction of sp³-hybridized carbons (Fsp3) is 0.333. The van der Waals surface area contributed by atoms with Gasteiger partial charge in [-0.2, -0.15) is 0 Å². The summed E-state index contributed by atoms with van der Waals surface area (Å²) in [5.74, 6) is 1.18. The van der Waals surface area contributed by atoms with Crippen LogP contribution >= 0.6 is 11.3 Å². The van der Waals surface area contributed by atoms with E-state index in [1.54, 1.807) is 0 Å². The third-order valence-electron chi connectivity index (χ3n) is 5.76. The molecule has 31 heavy (non-hydrogen) atoms. The predicted molar refractivity (Wildman–Crippen MR) is 130 cm³/mol. The lowest BCUT2D eigenvalue weighted by Gasteiger charge is -2.26. The van der Waals surface area contributed by atoms with Crippen molar-refractivity contribution in [1.29, 1.82) is 0 Å². The lowest BCUT2D eigenvalue weighted by atomic mass is 9.91. The lowest BCUT2D eigenvalue weighted by Crippen LogP contribution is -2.38. The van der Waals surface area contributed by atoms with Crippen molar-refractivity contribution in [2.45, 2.75) is 19.3 Å². The van der Waals surface area contributed by atoms with E-state index in [2.05, 4.69) is 90.0 Å². The minimum absolute atomic E-state index is 0.248. The highest BCUT2D eigenvalue weighted by molar-refractivity contribution is 7.10. The third kappa shape index (κ3) is 6.07. The molecule has 3 nitrogen and oxygen atoms in total. The van der Waals surface area contributed by atoms with Crippen molar-refractivity contribution in [3.8, 4) is 5.75 Å². The van der Waals surface area contributed by atoms with Gasteiger partial charge >= 0.3 is 0 Å². The molecule has 3 aromatic rings. The van der Waals surface area contributed by atoms with Crippen LogP contribution in [0.3, 0.4) is 0 Å². The molecule has 2 heterocycles. The van der Waals surface area contributed by atoms with Gasteiger partial charge in [0.15, 0.2) is 0 Å². The molecule has 0 saturated carbocycles. The van der Waals surface area contributed by atoms with Crippen LogP contribution in [-0.2, 0) is 4.74 Å². The minimum Gasteiger partial charge on any atom is -0.492 e. The van der Waals surface area contributed by atoms with Crippen LogP contribution in [0.5, 0.6) is 5.75 Å². The number of hydrogen-bond acceptors (Lipinski definition) is 4. The molecule has 1 fully saturated rings. The maximum Gasteiger partial charge on any atom is 0.119 e. The zero-order chi connectivity index (χ0) is 21.3. The van der Waals surface area contributed by atoms with Crippen molar-refractivity contribution in [2.24, 2.45) is 0 Å². The fourth-order valence-corrected chi connectivity index (χ4v) is 4.79. The van der Waals surface area contributed by atoms with Gasteiger partial charge in [0.1, 0.15) is 12.4 Å². The van der Waals surface area contributed by atoms with E-state index in [0.717, 1.165) is 45.0 Å². The highest BCUT2D eigenvalue weighted by Gasteiger charge is 2.15. The lowest BCUT2D eigenvalue weighted by molar-refractivity contribution is 0.0322. The number of ether oxygens (including phenoxy) is 2. The Labute approximate surface area is 189 Å². The van der Waals surface area contributed by atoms with Gasteiger partial charge in [-0.25, -0.2) is 0 Å². The zero-order valence-corrected chi connectivity index (χ0v) is 19.0. The molecule has 2 aromatic carbocycles. The minimum atomic E-state index is 0.248. The van der Waals surface area contributed by atoms with Crippen molar-refractivity contribution in [3.05, 3.63) is 94.2 Å². The Morgan fingerprint density at radius 3 is 2.48 bits per heavy atom. The number of allylic oxidation sites excluding steroid dienone is 2. The van der Waals surface area contributed by atoms with E-state index in [1.165, 1.54) is 21.6 Å². The van der Waals surface area contributed by atoms with E-state index in [-0.39, 0.29) is 5.92 Å². The molecular formula is C27H31NO2S. The van der Waals surface area contributed by atoms with Crippen molar-refractivity contribution in [2.75, 3.05) is 39.5 Å². The Hall–Kier alpha value is -2.40. The molecule has 162 valence electrons. The van der Waals surface area contributed by atoms with Crippen LogP contribution in [0.2, 0.25) is 0 Å². The maximum atomic E-state index is 6.01. The maximum absolute atomic E-state index is 6.01. The molecule has 1 atom stereocenters. The van der Waals surface area contributed by atoms with E-state index in [9.17, 15) is 0 Å². The molecule has 4 rings (SSSR count). The average molecular weight is 434 g/mol. The van der Waals surface area contributed by atoms with Gasteiger partial charge < -0.3 is 9.47 Å². The van der Waals surface area contributed by atoms with Gasteiger partial charge in [-0.1, -0.05) is 61.5 Å². The first-order valence-corrected chi connectivity index (χ1v) is 12.0. The van der Waals surface area contributed by atoms with Crippen LogP contribution in [0.1, 0.15) is 35.3 Å². The van der Waals surface area contributed by atoms with Crippen molar-refractivity contribution in [3.63, 3.8) is 0 Å². The predicted octanol–water partition coefficient (Wildman–Crippen LogP) is 6.08. The summed E-state index contributed by atoms with van der Waals surface area (Å²) in [4.78, 5) is 3.76. The van der Waals surface area contributed by atoms with E-state index < -0.39 is 0 Å². The van der Waals surface area contributed by atoms with Gasteiger partial charge in [0.05, 0.1) is 13.2 Å². The molecule has 1 aliphatic rings. The Morgan fingerprint density at radius 2 is 1.81 bits per heavy atom. The summed E-state index contributed by atoms with van der Waals surface area (Å²) in [6, 6.07) is 23.7. The summed E-state index contributed by atoms with van der Waals surface area (Å²) in [6.07, 6.45) is 3.43. The molecule has 0 bridgehead atoms. The van der Waals surface area contributed by atoms with Gasteiger partial charge in [-0.05, 0) is 46.7 Å². The van der Waals surface area contributed by atoms with E-state index in [0.29, 0.717) is 6.61 Å². The number of rotatable bonds is 9. The average Bonchev–Trinajstić information content (AvgIpc) is 3.36. The molecule has 1 aliphatic heterocycles. The molecule has 1 saturated heterocycles. The van der Waals surface area contributed by atoms with Gasteiger partial charge in [0, 0.05) is 30.4 Å². The van der Waals surface area contributed by atoms with Crippen molar-refractivity contribution in [1.82, 2.24) is 4.90 Å². The molecule has 4 heteroatoms. The Morgan fingerprint density at radius 1 is 1.03 bits per heavy atom. The number of hydrogen-bond donors (Lipinski definition) is 0. The van der Waals surface area contributed by atoms with Crippen LogP contribution in [0, 0.1) is 0 Å². The molecule has 0 N–H and O–H groups in total. The number of nitrogens with zero attached hydrogens (tertiary/aromatic N) is 1. The summed E-state index contributed by atoms with van der Waals surface area (Å²) < 4.78 is 11.4. The smallest absolute Gasteiger partial charge is 0.119 e. The summed E-state index contributed by atoms with van der Waals surface area (Å²) in [5.41, 5.74) is 3.98. The summed E-state index contributed by atoms with van der Waals surface area (Å²) in [6.45, 7) is 7.54. The monoisotopic (exact) mass is 433 g/mol. The van der Waals surface area contributed by atoms with E-state index in [1.807, 2.05) is 11.3 Å². The quantitative estimate of drug-likeness (QED) is 0.408. The summed E-state index contributed by atoms with van der Waals surface area (Å²) in [7, 11) is 0. The first-order chi connectivity index (χ1) is 15.3. The Balaban J connectivity index is 1.48. The van der Waals surface area contributed by atoms with Crippen molar-refractivity contribution >= 4 is 16.9 Å². The number of benzene rings is 2. The summed E-state index contributed by atoms with van der Waals surface area (Å²) >= 11 is 1.82. The Kier molecular flexibility index (Phi) is 7.94. The van der Waals surface area contributed by atoms with Crippen LogP contribution < -0.4 is 4.74 Å². The highest BCUT2D eigenvalue weighted by Crippen LogP contribution is 2.34. The van der Waals surface area contributed by atoms with Gasteiger partial charge in [-0.15, -0.1) is 11.3 Å². The topological polar surface area (TPSA) is 21.7 Å². The first kappa shape index (κ1) is 21.8. The first-order valence-electron chi connectivity index (χ1n) is 11.2. The highest BCUT2D eigenvalue weighted by atomic mass is 32.1. The number of thiophene rings is 1. The fourth-order valence-electron chi connectivity index (χ4n) is 3.97. The SMILES string of the molecule is CC/C(=C\[C@@H](c1ccc(OCCN2CCOCC2)cc1)c1cccs1)c1ccccc1. The zero-order valence-electron chi connectivity index (χ0n) is 18.2. The molecule has 0 unspecified atom stereocenters. The van der Waals surface area contributed by atoms with Gasteiger partial charge in [-0.3, -0.25) is 4.90 Å². The Bertz CT molecular complexity index is 929. The molecular weight excluding hydrogens is 402 g/mol. The third-order valence-corrected chi connectivity index (χ3v) is 6.72. The summed E-state index contributed by atoms with van der Waals surface area (Å²) in [5, 5.41) is 2.16. The molecule has 0 radical (unpaired) electrons. The molecule has 1 aromatic heterocycles. The van der Waals surface area contributed by atoms with Gasteiger partial charge in [0.2, 0.25) is 0 Å². The second-order valence-electron chi connectivity index (χ2n) is 7.78. The van der Waals surface area contributed by atoms with Gasteiger partial charge in [0.25, 0.3) is 0 Å². The van der Waals surface area contributed by atoms with Crippen LogP contribution in [0.4, 0.5) is 0 Å². The molecule has 0 aliphatic carbocycles. The molecule has 0 amide bonds. The number of morpholine rings is 1.